The van der Waals surface area contributed by atoms with Gasteiger partial charge in [-0.3, -0.25) is 16.0 Å². The van der Waals surface area contributed by atoms with Gasteiger partial charge in [0.2, 0.25) is 0 Å². The maximum Gasteiger partial charge on any atom is 0.316 e. The lowest BCUT2D eigenvalue weighted by Crippen LogP contribution is -2.10. The van der Waals surface area contributed by atoms with Crippen molar-refractivity contribution in [3.63, 3.8) is 0 Å². The number of hydrazine groups is 1. The Labute approximate surface area is 118 Å². The maximum absolute atomic E-state index is 11.1. The molecule has 8 heteroatoms. The van der Waals surface area contributed by atoms with Crippen LogP contribution < -0.4 is 16.6 Å². The van der Waals surface area contributed by atoms with Crippen molar-refractivity contribution in [2.24, 2.45) is 5.84 Å². The summed E-state index contributed by atoms with van der Waals surface area (Å²) in [4.78, 5) is 11.6. The van der Waals surface area contributed by atoms with Gasteiger partial charge >= 0.3 is 5.69 Å². The zero-order valence-corrected chi connectivity index (χ0v) is 11.3. The molecule has 19 heavy (non-hydrogen) atoms. The molecule has 0 bridgehead atoms. The molecule has 0 aliphatic rings. The van der Waals surface area contributed by atoms with Crippen molar-refractivity contribution < 1.29 is 4.92 Å². The molecule has 0 amide bonds. The van der Waals surface area contributed by atoms with E-state index in [9.17, 15) is 10.1 Å². The molecule has 0 atom stereocenters. The number of nitrogens with zero attached hydrogens (tertiary/aromatic N) is 1. The molecule has 1 aromatic heterocycles. The second-order valence-corrected chi connectivity index (χ2v) is 5.46. The van der Waals surface area contributed by atoms with E-state index in [1.165, 1.54) is 11.3 Å². The lowest BCUT2D eigenvalue weighted by Gasteiger charge is -2.08. The van der Waals surface area contributed by atoms with E-state index in [1.807, 2.05) is 6.07 Å². The standard InChI is InChI=1S/C11H11ClN4O2S/c12-10-5-4-7(19-10)6-14-8-2-1-3-9(15-13)11(8)16(17)18/h1-5,14-15H,6,13H2. The zero-order chi connectivity index (χ0) is 13.8. The zero-order valence-electron chi connectivity index (χ0n) is 9.72. The van der Waals surface area contributed by atoms with Crippen molar-refractivity contribution in [1.82, 2.24) is 0 Å². The molecule has 0 unspecified atom stereocenters. The van der Waals surface area contributed by atoms with E-state index >= 15 is 0 Å². The summed E-state index contributed by atoms with van der Waals surface area (Å²) in [6.07, 6.45) is 0. The van der Waals surface area contributed by atoms with E-state index in [-0.39, 0.29) is 11.4 Å². The minimum atomic E-state index is -0.473. The van der Waals surface area contributed by atoms with Gasteiger partial charge in [0, 0.05) is 11.4 Å². The van der Waals surface area contributed by atoms with Crippen LogP contribution in [0.1, 0.15) is 4.88 Å². The largest absolute Gasteiger partial charge is 0.375 e. The maximum atomic E-state index is 11.1. The van der Waals surface area contributed by atoms with Gasteiger partial charge < -0.3 is 10.7 Å². The molecule has 0 spiro atoms. The van der Waals surface area contributed by atoms with Gasteiger partial charge in [0.25, 0.3) is 0 Å². The summed E-state index contributed by atoms with van der Waals surface area (Å²) in [7, 11) is 0. The molecule has 0 saturated carbocycles. The predicted molar refractivity (Wildman–Crippen MR) is 77.6 cm³/mol. The third-order valence-corrected chi connectivity index (χ3v) is 3.69. The molecule has 0 saturated heterocycles. The first-order valence-electron chi connectivity index (χ1n) is 5.34. The molecule has 100 valence electrons. The Bertz CT molecular complexity index is 602. The summed E-state index contributed by atoms with van der Waals surface area (Å²) in [5, 5.41) is 14.1. The highest BCUT2D eigenvalue weighted by molar-refractivity contribution is 7.16. The fourth-order valence-electron chi connectivity index (χ4n) is 1.63. The molecule has 2 aromatic rings. The summed E-state index contributed by atoms with van der Waals surface area (Å²) >= 11 is 7.25. The Morgan fingerprint density at radius 2 is 2.05 bits per heavy atom. The highest BCUT2D eigenvalue weighted by Gasteiger charge is 2.18. The second-order valence-electron chi connectivity index (χ2n) is 3.66. The van der Waals surface area contributed by atoms with Crippen LogP contribution in [0.15, 0.2) is 30.3 Å². The van der Waals surface area contributed by atoms with Crippen molar-refractivity contribution in [3.05, 3.63) is 49.7 Å². The molecule has 0 radical (unpaired) electrons. The topological polar surface area (TPSA) is 93.2 Å². The Morgan fingerprint density at radius 1 is 1.32 bits per heavy atom. The molecule has 0 aliphatic heterocycles. The minimum absolute atomic E-state index is 0.0762. The number of nitrogens with two attached hydrogens (primary N) is 1. The summed E-state index contributed by atoms with van der Waals surface area (Å²) in [6, 6.07) is 8.53. The molecule has 2 rings (SSSR count). The van der Waals surface area contributed by atoms with E-state index in [0.29, 0.717) is 16.6 Å². The number of halogens is 1. The fraction of sp³-hybridized carbons (Fsp3) is 0.0909. The van der Waals surface area contributed by atoms with Crippen molar-refractivity contribution in [1.29, 1.82) is 0 Å². The number of hydrogen-bond acceptors (Lipinski definition) is 6. The van der Waals surface area contributed by atoms with Gasteiger partial charge in [0.1, 0.15) is 11.4 Å². The number of benzene rings is 1. The highest BCUT2D eigenvalue weighted by atomic mass is 35.5. The number of hydrogen-bond donors (Lipinski definition) is 3. The van der Waals surface area contributed by atoms with Gasteiger partial charge in [-0.2, -0.15) is 0 Å². The normalized spacial score (nSPS) is 10.2. The van der Waals surface area contributed by atoms with Crippen LogP contribution in [0.4, 0.5) is 17.1 Å². The van der Waals surface area contributed by atoms with Gasteiger partial charge in [0.05, 0.1) is 9.26 Å². The SMILES string of the molecule is NNc1cccc(NCc2ccc(Cl)s2)c1[N+](=O)[O-]. The van der Waals surface area contributed by atoms with E-state index in [1.54, 1.807) is 24.3 Å². The number of nitrogen functional groups attached to an aromatic ring is 1. The number of nitrogens with one attached hydrogen (secondary N) is 2. The van der Waals surface area contributed by atoms with Crippen molar-refractivity contribution in [2.45, 2.75) is 6.54 Å². The fourth-order valence-corrected chi connectivity index (χ4v) is 2.66. The molecular weight excluding hydrogens is 288 g/mol. The molecular formula is C11H11ClN4O2S. The third kappa shape index (κ3) is 3.14. The minimum Gasteiger partial charge on any atom is -0.375 e. The Morgan fingerprint density at radius 3 is 2.63 bits per heavy atom. The molecule has 4 N–H and O–H groups in total. The van der Waals surface area contributed by atoms with Crippen molar-refractivity contribution in [2.75, 3.05) is 10.7 Å². The Kier molecular flexibility index (Phi) is 4.20. The smallest absolute Gasteiger partial charge is 0.316 e. The number of rotatable bonds is 5. The van der Waals surface area contributed by atoms with Gasteiger partial charge in [-0.05, 0) is 24.3 Å². The highest BCUT2D eigenvalue weighted by Crippen LogP contribution is 2.33. The summed E-state index contributed by atoms with van der Waals surface area (Å²) < 4.78 is 0.684. The molecule has 6 nitrogen and oxygen atoms in total. The van der Waals surface area contributed by atoms with E-state index in [0.717, 1.165) is 4.88 Å². The molecule has 1 heterocycles. The molecule has 0 aliphatic carbocycles. The van der Waals surface area contributed by atoms with Crippen molar-refractivity contribution >= 4 is 40.0 Å². The number of nitro groups is 1. The monoisotopic (exact) mass is 298 g/mol. The number of para-hydroxylation sites is 1. The molecule has 1 aromatic carbocycles. The van der Waals surface area contributed by atoms with Crippen molar-refractivity contribution in [3.8, 4) is 0 Å². The van der Waals surface area contributed by atoms with E-state index in [4.69, 9.17) is 17.4 Å². The number of thiophene rings is 1. The van der Waals surface area contributed by atoms with Crippen LogP contribution in [-0.4, -0.2) is 4.92 Å². The number of anilines is 2. The van der Waals surface area contributed by atoms with Gasteiger partial charge in [-0.25, -0.2) is 0 Å². The summed E-state index contributed by atoms with van der Waals surface area (Å²) in [5.41, 5.74) is 2.91. The van der Waals surface area contributed by atoms with Gasteiger partial charge in [-0.1, -0.05) is 17.7 Å². The van der Waals surface area contributed by atoms with Crippen LogP contribution in [0.3, 0.4) is 0 Å². The van der Waals surface area contributed by atoms with Gasteiger partial charge in [-0.15, -0.1) is 11.3 Å². The van der Waals surface area contributed by atoms with Crippen LogP contribution in [0, 0.1) is 10.1 Å². The van der Waals surface area contributed by atoms with Crippen LogP contribution in [0.5, 0.6) is 0 Å². The van der Waals surface area contributed by atoms with Crippen LogP contribution in [0.2, 0.25) is 4.34 Å². The summed E-state index contributed by atoms with van der Waals surface area (Å²) in [5.74, 6) is 5.27. The third-order valence-electron chi connectivity index (χ3n) is 2.46. The lowest BCUT2D eigenvalue weighted by atomic mass is 10.2. The molecule has 0 fully saturated rings. The Hall–Kier alpha value is -1.83. The quantitative estimate of drug-likeness (QED) is 0.448. The van der Waals surface area contributed by atoms with Crippen LogP contribution in [-0.2, 0) is 6.54 Å². The van der Waals surface area contributed by atoms with Crippen LogP contribution in [0.25, 0.3) is 0 Å². The number of nitro benzene ring substituents is 1. The Balaban J connectivity index is 2.22. The summed E-state index contributed by atoms with van der Waals surface area (Å²) in [6.45, 7) is 0.465. The van der Waals surface area contributed by atoms with E-state index < -0.39 is 4.92 Å². The van der Waals surface area contributed by atoms with E-state index in [2.05, 4.69) is 10.7 Å². The van der Waals surface area contributed by atoms with Gasteiger partial charge in [0.15, 0.2) is 0 Å². The predicted octanol–water partition coefficient (Wildman–Crippen LogP) is 3.21. The first-order valence-corrected chi connectivity index (χ1v) is 6.53. The average Bonchev–Trinajstić information content (AvgIpc) is 2.81. The first-order chi connectivity index (χ1) is 9.11. The van der Waals surface area contributed by atoms with Crippen LogP contribution >= 0.6 is 22.9 Å². The average molecular weight is 299 g/mol. The first kappa shape index (κ1) is 13.6. The second kappa shape index (κ2) is 5.87. The lowest BCUT2D eigenvalue weighted by molar-refractivity contribution is -0.383.